The number of carbonyl (C=O) groups is 1. The number of aryl methyl sites for hydroxylation is 1. The van der Waals surface area contributed by atoms with E-state index in [0.717, 1.165) is 42.9 Å². The number of piperazine rings is 1. The molecule has 0 N–H and O–H groups in total. The van der Waals surface area contributed by atoms with Gasteiger partial charge in [-0.2, -0.15) is 0 Å². The number of hydrogen-bond donors (Lipinski definition) is 0. The third-order valence-corrected chi connectivity index (χ3v) is 6.45. The molecular weight excluding hydrogens is 418 g/mol. The van der Waals surface area contributed by atoms with E-state index in [0.29, 0.717) is 31.5 Å². The van der Waals surface area contributed by atoms with Gasteiger partial charge in [-0.15, -0.1) is 0 Å². The van der Waals surface area contributed by atoms with E-state index in [1.54, 1.807) is 4.57 Å². The van der Waals surface area contributed by atoms with Gasteiger partial charge in [0.25, 0.3) is 0 Å². The molecule has 3 heterocycles. The lowest BCUT2D eigenvalue weighted by molar-refractivity contribution is 0.0141. The fraction of sp³-hybridized carbons (Fsp3) is 0.720. The zero-order valence-corrected chi connectivity index (χ0v) is 21.2. The Hall–Kier alpha value is -2.35. The van der Waals surface area contributed by atoms with Crippen molar-refractivity contribution in [2.24, 2.45) is 18.4 Å². The fourth-order valence-electron chi connectivity index (χ4n) is 4.70. The van der Waals surface area contributed by atoms with Crippen LogP contribution in [0.5, 0.6) is 0 Å². The van der Waals surface area contributed by atoms with E-state index in [2.05, 4.69) is 37.8 Å². The molecule has 1 amide bonds. The average Bonchev–Trinajstić information content (AvgIpc) is 3.44. The number of pyridine rings is 1. The third kappa shape index (κ3) is 5.42. The molecule has 33 heavy (non-hydrogen) atoms. The molecule has 0 radical (unpaired) electrons. The summed E-state index contributed by atoms with van der Waals surface area (Å²) in [5.74, 6) is 1.02. The minimum absolute atomic E-state index is 0.000204. The number of ether oxygens (including phenoxy) is 1. The Labute approximate surface area is 196 Å². The van der Waals surface area contributed by atoms with Crippen molar-refractivity contribution in [2.75, 3.05) is 32.7 Å². The molecule has 1 saturated heterocycles. The summed E-state index contributed by atoms with van der Waals surface area (Å²) in [4.78, 5) is 34.2. The SMILES string of the molecule is Cn1c(=O)n(CC(C)(C)C)c2ccc([C@H]3C[C@@H]3CN3CCN(C(=O)OC(C)(C)C)CC3)nc21. The lowest BCUT2D eigenvalue weighted by Gasteiger charge is -2.35. The van der Waals surface area contributed by atoms with Crippen LogP contribution in [0.4, 0.5) is 4.79 Å². The number of rotatable bonds is 4. The largest absolute Gasteiger partial charge is 0.444 e. The standard InChI is InChI=1S/C25H39N5O3/c1-24(2,3)16-30-20-9-8-19(26-21(20)27(7)22(30)31)18-14-17(18)15-28-10-12-29(13-11-28)23(32)33-25(4,5)6/h8-9,17-18H,10-16H2,1-7H3/t17-,18+/m1/s1. The average molecular weight is 458 g/mol. The zero-order valence-electron chi connectivity index (χ0n) is 21.2. The van der Waals surface area contributed by atoms with Gasteiger partial charge in [-0.05, 0) is 50.7 Å². The van der Waals surface area contributed by atoms with Crippen LogP contribution in [0.3, 0.4) is 0 Å². The Bertz CT molecular complexity index is 1080. The van der Waals surface area contributed by atoms with Crippen LogP contribution in [0.15, 0.2) is 16.9 Å². The molecule has 1 aliphatic carbocycles. The van der Waals surface area contributed by atoms with E-state index >= 15 is 0 Å². The van der Waals surface area contributed by atoms with Crippen molar-refractivity contribution in [1.29, 1.82) is 0 Å². The van der Waals surface area contributed by atoms with Gasteiger partial charge in [0.05, 0.1) is 5.52 Å². The topological polar surface area (TPSA) is 72.6 Å². The Balaban J connectivity index is 1.36. The molecule has 2 fully saturated rings. The molecule has 2 aliphatic rings. The number of carbonyl (C=O) groups excluding carboxylic acids is 1. The summed E-state index contributed by atoms with van der Waals surface area (Å²) < 4.78 is 9.02. The van der Waals surface area contributed by atoms with Gasteiger partial charge in [0.15, 0.2) is 5.65 Å². The summed E-state index contributed by atoms with van der Waals surface area (Å²) in [5, 5.41) is 0. The van der Waals surface area contributed by atoms with Crippen LogP contribution < -0.4 is 5.69 Å². The van der Waals surface area contributed by atoms with Crippen LogP contribution >= 0.6 is 0 Å². The van der Waals surface area contributed by atoms with Gasteiger partial charge in [-0.1, -0.05) is 20.8 Å². The summed E-state index contributed by atoms with van der Waals surface area (Å²) in [7, 11) is 1.81. The highest BCUT2D eigenvalue weighted by Crippen LogP contribution is 2.47. The van der Waals surface area contributed by atoms with Gasteiger partial charge in [-0.25, -0.2) is 14.6 Å². The fourth-order valence-corrected chi connectivity index (χ4v) is 4.70. The van der Waals surface area contributed by atoms with Crippen LogP contribution in [0.2, 0.25) is 0 Å². The smallest absolute Gasteiger partial charge is 0.410 e. The highest BCUT2D eigenvalue weighted by molar-refractivity contribution is 5.72. The van der Waals surface area contributed by atoms with Crippen molar-refractivity contribution in [2.45, 2.75) is 66.0 Å². The first kappa shape index (κ1) is 23.8. The first-order valence-corrected chi connectivity index (χ1v) is 12.1. The zero-order chi connectivity index (χ0) is 24.1. The molecule has 0 spiro atoms. The maximum absolute atomic E-state index is 12.8. The summed E-state index contributed by atoms with van der Waals surface area (Å²) >= 11 is 0. The van der Waals surface area contributed by atoms with E-state index in [4.69, 9.17) is 9.72 Å². The van der Waals surface area contributed by atoms with E-state index in [1.165, 1.54) is 0 Å². The van der Waals surface area contributed by atoms with Gasteiger partial charge in [0.2, 0.25) is 0 Å². The number of amides is 1. The minimum atomic E-state index is -0.458. The minimum Gasteiger partial charge on any atom is -0.444 e. The molecule has 0 unspecified atom stereocenters. The second-order valence-corrected chi connectivity index (χ2v) is 11.9. The number of aromatic nitrogens is 3. The molecule has 2 atom stereocenters. The predicted octanol–water partition coefficient (Wildman–Crippen LogP) is 3.44. The summed E-state index contributed by atoms with van der Waals surface area (Å²) in [6.45, 7) is 17.0. The number of nitrogens with zero attached hydrogens (tertiary/aromatic N) is 5. The second-order valence-electron chi connectivity index (χ2n) is 11.9. The van der Waals surface area contributed by atoms with Gasteiger partial charge in [0, 0.05) is 57.9 Å². The van der Waals surface area contributed by atoms with Crippen molar-refractivity contribution in [1.82, 2.24) is 23.9 Å². The van der Waals surface area contributed by atoms with E-state index in [-0.39, 0.29) is 17.2 Å². The lowest BCUT2D eigenvalue weighted by atomic mass is 9.97. The highest BCUT2D eigenvalue weighted by atomic mass is 16.6. The quantitative estimate of drug-likeness (QED) is 0.703. The molecule has 0 bridgehead atoms. The Morgan fingerprint density at radius 1 is 1.09 bits per heavy atom. The van der Waals surface area contributed by atoms with E-state index in [1.807, 2.05) is 37.3 Å². The van der Waals surface area contributed by atoms with E-state index < -0.39 is 5.60 Å². The summed E-state index contributed by atoms with van der Waals surface area (Å²) in [6.07, 6.45) is 0.912. The Morgan fingerprint density at radius 2 is 1.76 bits per heavy atom. The van der Waals surface area contributed by atoms with Gasteiger partial charge < -0.3 is 9.64 Å². The van der Waals surface area contributed by atoms with Gasteiger partial charge >= 0.3 is 11.8 Å². The molecule has 8 nitrogen and oxygen atoms in total. The lowest BCUT2D eigenvalue weighted by Crippen LogP contribution is -2.50. The van der Waals surface area contributed by atoms with Crippen molar-refractivity contribution < 1.29 is 9.53 Å². The highest BCUT2D eigenvalue weighted by Gasteiger charge is 2.41. The number of imidazole rings is 1. The van der Waals surface area contributed by atoms with Crippen LogP contribution in [-0.4, -0.2) is 68.3 Å². The maximum atomic E-state index is 12.8. The summed E-state index contributed by atoms with van der Waals surface area (Å²) in [6, 6.07) is 4.17. The maximum Gasteiger partial charge on any atom is 0.410 e. The molecule has 0 aromatic carbocycles. The summed E-state index contributed by atoms with van der Waals surface area (Å²) in [5.41, 5.74) is 2.34. The molecule has 8 heteroatoms. The van der Waals surface area contributed by atoms with E-state index in [9.17, 15) is 9.59 Å². The molecule has 2 aromatic heterocycles. The van der Waals surface area contributed by atoms with Gasteiger partial charge in [-0.3, -0.25) is 14.0 Å². The number of hydrogen-bond acceptors (Lipinski definition) is 5. The molecule has 1 aliphatic heterocycles. The molecule has 182 valence electrons. The Morgan fingerprint density at radius 3 is 2.36 bits per heavy atom. The molecular formula is C25H39N5O3. The van der Waals surface area contributed by atoms with Crippen molar-refractivity contribution in [3.8, 4) is 0 Å². The van der Waals surface area contributed by atoms with Crippen LogP contribution in [0, 0.1) is 11.3 Å². The first-order chi connectivity index (χ1) is 15.3. The second kappa shape index (κ2) is 8.46. The monoisotopic (exact) mass is 457 g/mol. The predicted molar refractivity (Wildman–Crippen MR) is 130 cm³/mol. The van der Waals surface area contributed by atoms with Crippen molar-refractivity contribution in [3.63, 3.8) is 0 Å². The Kier molecular flexibility index (Phi) is 6.10. The first-order valence-electron chi connectivity index (χ1n) is 12.1. The molecule has 1 saturated carbocycles. The van der Waals surface area contributed by atoms with Crippen LogP contribution in [0.1, 0.15) is 59.6 Å². The van der Waals surface area contributed by atoms with Crippen LogP contribution in [0.25, 0.3) is 11.2 Å². The normalized spacial score (nSPS) is 22.1. The van der Waals surface area contributed by atoms with Crippen molar-refractivity contribution >= 4 is 17.3 Å². The number of fused-ring (bicyclic) bond motifs is 1. The molecule has 4 rings (SSSR count). The van der Waals surface area contributed by atoms with Crippen molar-refractivity contribution in [3.05, 3.63) is 28.3 Å². The molecule has 2 aromatic rings. The van der Waals surface area contributed by atoms with Gasteiger partial charge in [0.1, 0.15) is 5.60 Å². The third-order valence-electron chi connectivity index (χ3n) is 6.45. The van der Waals surface area contributed by atoms with Crippen LogP contribution in [-0.2, 0) is 18.3 Å².